The molecule has 0 fully saturated rings. The van der Waals surface area contributed by atoms with E-state index in [0.717, 1.165) is 16.2 Å². The van der Waals surface area contributed by atoms with Crippen LogP contribution < -0.4 is 0 Å². The van der Waals surface area contributed by atoms with Crippen LogP contribution in [0.25, 0.3) is 21.5 Å². The number of benzene rings is 3. The number of ketones is 1. The molecule has 96 valence electrons. The van der Waals surface area contributed by atoms with Crippen molar-refractivity contribution >= 4 is 39.2 Å². The minimum absolute atomic E-state index is 0.0512. The zero-order valence-corrected chi connectivity index (χ0v) is 10.6. The summed E-state index contributed by atoms with van der Waals surface area (Å²) in [4.78, 5) is 16.4. The predicted octanol–water partition coefficient (Wildman–Crippen LogP) is 3.99. The van der Waals surface area contributed by atoms with Crippen molar-refractivity contribution in [1.29, 1.82) is 0 Å². The van der Waals surface area contributed by atoms with Crippen LogP contribution >= 0.6 is 0 Å². The Morgan fingerprint density at radius 1 is 1.00 bits per heavy atom. The molecule has 0 saturated carbocycles. The van der Waals surface area contributed by atoms with Gasteiger partial charge < -0.3 is 5.11 Å². The maximum Gasteiger partial charge on any atom is 0.170 e. The molecule has 1 N–H and O–H groups in total. The van der Waals surface area contributed by atoms with Gasteiger partial charge in [-0.2, -0.15) is 0 Å². The number of fused-ring (bicyclic) bond motifs is 4. The average Bonchev–Trinajstić information content (AvgIpc) is 2.46. The fraction of sp³-hybridized carbons (Fsp3) is 0.0588. The summed E-state index contributed by atoms with van der Waals surface area (Å²) < 4.78 is 0. The van der Waals surface area contributed by atoms with Crippen LogP contribution in [0.5, 0.6) is 5.75 Å². The van der Waals surface area contributed by atoms with Crippen molar-refractivity contribution in [3.05, 3.63) is 48.0 Å². The van der Waals surface area contributed by atoms with Gasteiger partial charge in [0, 0.05) is 24.1 Å². The molecule has 0 bridgehead atoms. The van der Waals surface area contributed by atoms with E-state index in [9.17, 15) is 9.90 Å². The summed E-state index contributed by atoms with van der Waals surface area (Å²) in [6.07, 6.45) is 1.91. The Morgan fingerprint density at radius 3 is 2.45 bits per heavy atom. The van der Waals surface area contributed by atoms with Crippen LogP contribution in [0, 0.1) is 0 Å². The Hall–Kier alpha value is -2.68. The van der Waals surface area contributed by atoms with Gasteiger partial charge in [-0.15, -0.1) is 0 Å². The van der Waals surface area contributed by atoms with Crippen LogP contribution in [0.15, 0.2) is 47.5 Å². The Labute approximate surface area is 115 Å². The van der Waals surface area contributed by atoms with Gasteiger partial charge in [0.05, 0.1) is 11.3 Å². The van der Waals surface area contributed by atoms with Crippen molar-refractivity contribution in [1.82, 2.24) is 0 Å². The Morgan fingerprint density at radius 2 is 1.70 bits per heavy atom. The van der Waals surface area contributed by atoms with Crippen LogP contribution in [0.4, 0.5) is 5.69 Å². The predicted molar refractivity (Wildman–Crippen MR) is 80.2 cm³/mol. The molecule has 3 aromatic rings. The lowest BCUT2D eigenvalue weighted by Gasteiger charge is -2.14. The minimum atomic E-state index is 0.0512. The van der Waals surface area contributed by atoms with Gasteiger partial charge in [-0.25, -0.2) is 0 Å². The van der Waals surface area contributed by atoms with E-state index in [1.165, 1.54) is 0 Å². The first-order chi connectivity index (χ1) is 9.74. The summed E-state index contributed by atoms with van der Waals surface area (Å²) in [5, 5.41) is 13.8. The third-order valence-electron chi connectivity index (χ3n) is 3.75. The van der Waals surface area contributed by atoms with Crippen molar-refractivity contribution in [3.8, 4) is 5.75 Å². The lowest BCUT2D eigenvalue weighted by Crippen LogP contribution is -2.05. The molecule has 3 heteroatoms. The van der Waals surface area contributed by atoms with Gasteiger partial charge >= 0.3 is 0 Å². The van der Waals surface area contributed by atoms with Gasteiger partial charge in [0.2, 0.25) is 0 Å². The van der Waals surface area contributed by atoms with Crippen molar-refractivity contribution in [2.75, 3.05) is 0 Å². The first kappa shape index (κ1) is 11.2. The molecule has 0 spiro atoms. The standard InChI is InChI=1S/C17H11NO2/c19-15-5-6-18-14-9-16(20)12-7-10-3-1-2-4-11(10)8-13(12)17(14)15/h1-4,6-9,20H,5H2. The van der Waals surface area contributed by atoms with Crippen molar-refractivity contribution in [2.24, 2.45) is 4.99 Å². The normalized spacial score (nSPS) is 13.9. The molecule has 1 aliphatic heterocycles. The van der Waals surface area contributed by atoms with Crippen molar-refractivity contribution in [2.45, 2.75) is 6.42 Å². The van der Waals surface area contributed by atoms with E-state index in [4.69, 9.17) is 0 Å². The number of phenols is 1. The zero-order chi connectivity index (χ0) is 13.7. The van der Waals surface area contributed by atoms with Gasteiger partial charge in [0.25, 0.3) is 0 Å². The van der Waals surface area contributed by atoms with Crippen molar-refractivity contribution < 1.29 is 9.90 Å². The number of aliphatic imine (C=N–C) groups is 1. The number of hydrogen-bond acceptors (Lipinski definition) is 3. The monoisotopic (exact) mass is 261 g/mol. The van der Waals surface area contributed by atoms with Gasteiger partial charge in [-0.05, 0) is 28.3 Å². The van der Waals surface area contributed by atoms with E-state index in [0.29, 0.717) is 23.1 Å². The molecule has 4 rings (SSSR count). The Kier molecular flexibility index (Phi) is 2.18. The fourth-order valence-corrected chi connectivity index (χ4v) is 2.80. The van der Waals surface area contributed by atoms with Gasteiger partial charge in [-0.1, -0.05) is 24.3 Å². The van der Waals surface area contributed by atoms with Gasteiger partial charge in [-0.3, -0.25) is 9.79 Å². The smallest absolute Gasteiger partial charge is 0.170 e. The largest absolute Gasteiger partial charge is 0.507 e. The first-order valence-corrected chi connectivity index (χ1v) is 6.48. The molecule has 20 heavy (non-hydrogen) atoms. The van der Waals surface area contributed by atoms with E-state index < -0.39 is 0 Å². The highest BCUT2D eigenvalue weighted by Crippen LogP contribution is 2.39. The lowest BCUT2D eigenvalue weighted by atomic mass is 9.93. The molecule has 0 aromatic heterocycles. The van der Waals surface area contributed by atoms with Gasteiger partial charge in [0.1, 0.15) is 5.75 Å². The third kappa shape index (κ3) is 1.46. The van der Waals surface area contributed by atoms with Crippen LogP contribution in [0.2, 0.25) is 0 Å². The number of hydrogen-bond donors (Lipinski definition) is 1. The summed E-state index contributed by atoms with van der Waals surface area (Å²) in [6.45, 7) is 0. The number of carbonyl (C=O) groups excluding carboxylic acids is 1. The number of carbonyl (C=O) groups is 1. The highest BCUT2D eigenvalue weighted by molar-refractivity contribution is 6.20. The molecule has 0 aliphatic carbocycles. The molecular weight excluding hydrogens is 250 g/mol. The summed E-state index contributed by atoms with van der Waals surface area (Å²) in [6, 6.07) is 13.4. The van der Waals surface area contributed by atoms with E-state index >= 15 is 0 Å². The zero-order valence-electron chi connectivity index (χ0n) is 10.6. The molecule has 0 saturated heterocycles. The lowest BCUT2D eigenvalue weighted by molar-refractivity contribution is 0.100. The van der Waals surface area contributed by atoms with E-state index in [2.05, 4.69) is 4.99 Å². The highest BCUT2D eigenvalue weighted by Gasteiger charge is 2.20. The highest BCUT2D eigenvalue weighted by atomic mass is 16.3. The molecule has 0 radical (unpaired) electrons. The number of Topliss-reactive ketones (excluding diaryl/α,β-unsaturated/α-hetero) is 1. The first-order valence-electron chi connectivity index (χ1n) is 6.48. The number of nitrogens with zero attached hydrogens (tertiary/aromatic N) is 1. The van der Waals surface area contributed by atoms with E-state index in [1.807, 2.05) is 36.4 Å². The Balaban J connectivity index is 2.23. The summed E-state index contributed by atoms with van der Waals surface area (Å²) >= 11 is 0. The maximum atomic E-state index is 12.2. The molecule has 3 aromatic carbocycles. The Bertz CT molecular complexity index is 910. The van der Waals surface area contributed by atoms with Crippen LogP contribution in [0.3, 0.4) is 0 Å². The molecular formula is C17H11NO2. The summed E-state index contributed by atoms with van der Waals surface area (Å²) in [7, 11) is 0. The second-order valence-electron chi connectivity index (χ2n) is 4.97. The minimum Gasteiger partial charge on any atom is -0.507 e. The topological polar surface area (TPSA) is 49.7 Å². The molecule has 0 amide bonds. The quantitative estimate of drug-likeness (QED) is 0.622. The molecule has 1 aliphatic rings. The fourth-order valence-electron chi connectivity index (χ4n) is 2.80. The molecule has 1 heterocycles. The summed E-state index contributed by atoms with van der Waals surface area (Å²) in [5.74, 6) is 0.214. The van der Waals surface area contributed by atoms with E-state index in [1.54, 1.807) is 12.3 Å². The second kappa shape index (κ2) is 3.90. The van der Waals surface area contributed by atoms with E-state index in [-0.39, 0.29) is 11.5 Å². The SMILES string of the molecule is O=C1CC=Nc2cc(O)c3cc4ccccc4cc3c21. The molecule has 0 unspecified atom stereocenters. The van der Waals surface area contributed by atoms with Crippen LogP contribution in [-0.2, 0) is 0 Å². The van der Waals surface area contributed by atoms with Crippen molar-refractivity contribution in [3.63, 3.8) is 0 Å². The number of rotatable bonds is 0. The van der Waals surface area contributed by atoms with Crippen LogP contribution in [0.1, 0.15) is 16.8 Å². The number of aromatic hydroxyl groups is 1. The molecule has 3 nitrogen and oxygen atoms in total. The average molecular weight is 261 g/mol. The summed E-state index contributed by atoms with van der Waals surface area (Å²) in [5.41, 5.74) is 1.17. The second-order valence-corrected chi connectivity index (χ2v) is 4.97. The number of phenolic OH excluding ortho intramolecular Hbond substituents is 1. The van der Waals surface area contributed by atoms with Crippen LogP contribution in [-0.4, -0.2) is 17.1 Å². The third-order valence-corrected chi connectivity index (χ3v) is 3.75. The van der Waals surface area contributed by atoms with Gasteiger partial charge in [0.15, 0.2) is 5.78 Å². The maximum absolute atomic E-state index is 12.2. The molecule has 0 atom stereocenters.